The molecule has 6 heteroatoms. The second-order valence-corrected chi connectivity index (χ2v) is 2.34. The van der Waals surface area contributed by atoms with Crippen LogP contribution in [0.3, 0.4) is 0 Å². The van der Waals surface area contributed by atoms with E-state index in [4.69, 9.17) is 5.11 Å². The first-order chi connectivity index (χ1) is 5.02. The lowest BCUT2D eigenvalue weighted by atomic mass is 10.3. The van der Waals surface area contributed by atoms with E-state index in [1.165, 1.54) is 0 Å². The average molecular weight is 170 g/mol. The molecule has 1 atom stereocenters. The minimum atomic E-state index is -4.44. The Morgan fingerprint density at radius 1 is 1.45 bits per heavy atom. The molecular formula is C5H9F3N2O. The Labute approximate surface area is 61.8 Å². The van der Waals surface area contributed by atoms with Gasteiger partial charge in [-0.1, -0.05) is 0 Å². The van der Waals surface area contributed by atoms with Gasteiger partial charge in [0.25, 0.3) is 0 Å². The van der Waals surface area contributed by atoms with Crippen LogP contribution in [0, 0.1) is 0 Å². The van der Waals surface area contributed by atoms with Gasteiger partial charge in [-0.05, 0) is 13.0 Å². The van der Waals surface area contributed by atoms with E-state index in [-0.39, 0.29) is 11.4 Å². The second-order valence-electron chi connectivity index (χ2n) is 2.34. The Balaban J connectivity index is 2.55. The van der Waals surface area contributed by atoms with Gasteiger partial charge in [0.05, 0.1) is 0 Å². The number of halogens is 3. The van der Waals surface area contributed by atoms with Gasteiger partial charge in [0.15, 0.2) is 6.35 Å². The summed E-state index contributed by atoms with van der Waals surface area (Å²) >= 11 is 0. The highest BCUT2D eigenvalue weighted by atomic mass is 19.4. The molecule has 11 heavy (non-hydrogen) atoms. The van der Waals surface area contributed by atoms with Gasteiger partial charge in [-0.3, -0.25) is 5.32 Å². The Morgan fingerprint density at radius 3 is 2.45 bits per heavy atom. The van der Waals surface area contributed by atoms with E-state index in [0.717, 1.165) is 0 Å². The normalized spacial score (nSPS) is 28.9. The van der Waals surface area contributed by atoms with Crippen molar-refractivity contribution >= 4 is 0 Å². The SMILES string of the molecule is OC1NCCCN1C(F)(F)F. The van der Waals surface area contributed by atoms with Crippen LogP contribution < -0.4 is 5.32 Å². The van der Waals surface area contributed by atoms with E-state index in [2.05, 4.69) is 5.32 Å². The van der Waals surface area contributed by atoms with Gasteiger partial charge in [-0.2, -0.15) is 18.1 Å². The second kappa shape index (κ2) is 2.96. The van der Waals surface area contributed by atoms with Crippen LogP contribution in [0.1, 0.15) is 6.42 Å². The van der Waals surface area contributed by atoms with E-state index in [1.54, 1.807) is 0 Å². The molecule has 0 spiro atoms. The first-order valence-corrected chi connectivity index (χ1v) is 3.27. The Bertz CT molecular complexity index is 138. The van der Waals surface area contributed by atoms with Crippen molar-refractivity contribution in [3.05, 3.63) is 0 Å². The molecule has 1 aliphatic heterocycles. The number of rotatable bonds is 0. The lowest BCUT2D eigenvalue weighted by molar-refractivity contribution is -0.294. The van der Waals surface area contributed by atoms with Crippen molar-refractivity contribution in [2.24, 2.45) is 0 Å². The molecule has 1 aliphatic rings. The highest BCUT2D eigenvalue weighted by Crippen LogP contribution is 2.23. The van der Waals surface area contributed by atoms with Crippen molar-refractivity contribution < 1.29 is 18.3 Å². The summed E-state index contributed by atoms with van der Waals surface area (Å²) in [5.41, 5.74) is 0. The number of nitrogens with zero attached hydrogens (tertiary/aromatic N) is 1. The number of aliphatic hydroxyl groups excluding tert-OH is 1. The highest BCUT2D eigenvalue weighted by molar-refractivity contribution is 4.69. The van der Waals surface area contributed by atoms with E-state index < -0.39 is 12.7 Å². The van der Waals surface area contributed by atoms with Crippen molar-refractivity contribution in [1.29, 1.82) is 0 Å². The summed E-state index contributed by atoms with van der Waals surface area (Å²) in [4.78, 5) is 0.0660. The molecule has 1 saturated heterocycles. The van der Waals surface area contributed by atoms with E-state index in [9.17, 15) is 13.2 Å². The third-order valence-corrected chi connectivity index (χ3v) is 1.52. The van der Waals surface area contributed by atoms with E-state index >= 15 is 0 Å². The predicted molar refractivity (Wildman–Crippen MR) is 31.4 cm³/mol. The number of aliphatic hydroxyl groups is 1. The van der Waals surface area contributed by atoms with Gasteiger partial charge in [0, 0.05) is 6.54 Å². The van der Waals surface area contributed by atoms with Crippen molar-refractivity contribution in [2.75, 3.05) is 13.1 Å². The molecule has 0 aromatic carbocycles. The van der Waals surface area contributed by atoms with Crippen LogP contribution >= 0.6 is 0 Å². The van der Waals surface area contributed by atoms with Crippen LogP contribution in [0.4, 0.5) is 13.2 Å². The monoisotopic (exact) mass is 170 g/mol. The third kappa shape index (κ3) is 2.05. The summed E-state index contributed by atoms with van der Waals surface area (Å²) in [6, 6.07) is 0. The summed E-state index contributed by atoms with van der Waals surface area (Å²) in [6.07, 6.45) is -5.62. The summed E-state index contributed by atoms with van der Waals surface area (Å²) in [7, 11) is 0. The molecule has 0 amide bonds. The smallest absolute Gasteiger partial charge is 0.365 e. The zero-order chi connectivity index (χ0) is 8.48. The summed E-state index contributed by atoms with van der Waals surface area (Å²) in [5, 5.41) is 11.1. The van der Waals surface area contributed by atoms with Crippen LogP contribution in [-0.2, 0) is 0 Å². The van der Waals surface area contributed by atoms with E-state index in [0.29, 0.717) is 13.0 Å². The average Bonchev–Trinajstić information content (AvgIpc) is 1.86. The molecule has 0 aliphatic carbocycles. The Hall–Kier alpha value is -0.330. The molecule has 0 radical (unpaired) electrons. The fourth-order valence-corrected chi connectivity index (χ4v) is 0.978. The van der Waals surface area contributed by atoms with E-state index in [1.807, 2.05) is 0 Å². The molecule has 0 bridgehead atoms. The van der Waals surface area contributed by atoms with Gasteiger partial charge in [-0.15, -0.1) is 0 Å². The molecule has 1 heterocycles. The molecule has 1 unspecified atom stereocenters. The zero-order valence-corrected chi connectivity index (χ0v) is 5.73. The molecule has 2 N–H and O–H groups in total. The van der Waals surface area contributed by atoms with Crippen LogP contribution in [0.2, 0.25) is 0 Å². The Morgan fingerprint density at radius 2 is 2.09 bits per heavy atom. The summed E-state index contributed by atoms with van der Waals surface area (Å²) < 4.78 is 35.8. The van der Waals surface area contributed by atoms with Crippen LogP contribution in [0.5, 0.6) is 0 Å². The number of hydrogen-bond acceptors (Lipinski definition) is 3. The van der Waals surface area contributed by atoms with Crippen LogP contribution in [0.25, 0.3) is 0 Å². The predicted octanol–water partition coefficient (Wildman–Crippen LogP) is 0.0774. The molecule has 3 nitrogen and oxygen atoms in total. The van der Waals surface area contributed by atoms with Crippen LogP contribution in [0.15, 0.2) is 0 Å². The third-order valence-electron chi connectivity index (χ3n) is 1.52. The molecule has 0 aromatic heterocycles. The van der Waals surface area contributed by atoms with Gasteiger partial charge in [0.2, 0.25) is 0 Å². The van der Waals surface area contributed by atoms with Crippen molar-refractivity contribution in [3.63, 3.8) is 0 Å². The fourth-order valence-electron chi connectivity index (χ4n) is 0.978. The minimum absolute atomic E-state index is 0.0660. The maximum absolute atomic E-state index is 11.9. The number of nitrogens with one attached hydrogen (secondary N) is 1. The lowest BCUT2D eigenvalue weighted by Crippen LogP contribution is -2.56. The fraction of sp³-hybridized carbons (Fsp3) is 1.00. The standard InChI is InChI=1S/C5H9F3N2O/c6-5(7,8)10-3-1-2-9-4(10)11/h4,9,11H,1-3H2. The van der Waals surface area contributed by atoms with Crippen LogP contribution in [-0.4, -0.2) is 35.7 Å². The number of alkyl halides is 3. The molecule has 1 rings (SSSR count). The minimum Gasteiger partial charge on any atom is -0.365 e. The van der Waals surface area contributed by atoms with Crippen molar-refractivity contribution in [3.8, 4) is 0 Å². The van der Waals surface area contributed by atoms with Crippen molar-refractivity contribution in [1.82, 2.24) is 10.2 Å². The maximum atomic E-state index is 11.9. The quantitative estimate of drug-likeness (QED) is 0.505. The van der Waals surface area contributed by atoms with Crippen molar-refractivity contribution in [2.45, 2.75) is 19.1 Å². The molecule has 0 saturated carbocycles. The largest absolute Gasteiger partial charge is 0.463 e. The Kier molecular flexibility index (Phi) is 2.36. The van der Waals surface area contributed by atoms with Gasteiger partial charge in [-0.25, -0.2) is 0 Å². The molecule has 0 aromatic rings. The zero-order valence-electron chi connectivity index (χ0n) is 5.73. The maximum Gasteiger partial charge on any atom is 0.463 e. The molecule has 1 fully saturated rings. The van der Waals surface area contributed by atoms with Gasteiger partial charge in [0.1, 0.15) is 0 Å². The first-order valence-electron chi connectivity index (χ1n) is 3.27. The van der Waals surface area contributed by atoms with Gasteiger partial charge >= 0.3 is 6.30 Å². The highest BCUT2D eigenvalue weighted by Gasteiger charge is 2.42. The molecule has 66 valence electrons. The summed E-state index contributed by atoms with van der Waals surface area (Å²) in [5.74, 6) is 0. The lowest BCUT2D eigenvalue weighted by Gasteiger charge is -2.33. The summed E-state index contributed by atoms with van der Waals surface area (Å²) in [6.45, 7) is 0.283. The first kappa shape index (κ1) is 8.76. The molecular weight excluding hydrogens is 161 g/mol. The number of hydrogen-bond donors (Lipinski definition) is 2. The van der Waals surface area contributed by atoms with Gasteiger partial charge < -0.3 is 5.11 Å². The topological polar surface area (TPSA) is 35.5 Å².